The molecule has 0 rings (SSSR count). The highest BCUT2D eigenvalue weighted by Crippen LogP contribution is 2.14. The third-order valence-corrected chi connectivity index (χ3v) is 4.89. The van der Waals surface area contributed by atoms with Crippen LogP contribution in [0.25, 0.3) is 0 Å². The normalized spacial score (nSPS) is 11.0. The van der Waals surface area contributed by atoms with E-state index in [2.05, 4.69) is 20.7 Å². The Morgan fingerprint density at radius 3 is 1.00 bits per heavy atom. The summed E-state index contributed by atoms with van der Waals surface area (Å²) < 4.78 is 2.05. The Hall–Kier alpha value is -0.330. The summed E-state index contributed by atoms with van der Waals surface area (Å²) in [7, 11) is 2.06. The Labute approximate surface area is 148 Å². The van der Waals surface area contributed by atoms with Gasteiger partial charge < -0.3 is 0 Å². The molecule has 0 amide bonds. The van der Waals surface area contributed by atoms with Gasteiger partial charge in [-0.3, -0.25) is 0 Å². The van der Waals surface area contributed by atoms with Crippen LogP contribution in [0.4, 0.5) is 0 Å². The van der Waals surface area contributed by atoms with E-state index in [1.165, 1.54) is 116 Å². The first-order valence-electron chi connectivity index (χ1n) is 10.8. The average molecular weight is 325 g/mol. The number of nitrogens with zero attached hydrogens (tertiary/aromatic N) is 1. The van der Waals surface area contributed by atoms with Crippen molar-refractivity contribution in [3.63, 3.8) is 0 Å². The van der Waals surface area contributed by atoms with Gasteiger partial charge in [-0.2, -0.15) is 0 Å². The zero-order valence-corrected chi connectivity index (χ0v) is 16.6. The summed E-state index contributed by atoms with van der Waals surface area (Å²) in [6.45, 7) is 7.33. The third-order valence-electron chi connectivity index (χ3n) is 4.89. The second kappa shape index (κ2) is 19.7. The Morgan fingerprint density at radius 2 is 0.739 bits per heavy atom. The molecule has 0 radical (unpaired) electrons. The lowest BCUT2D eigenvalue weighted by Crippen LogP contribution is -2.03. The predicted octanol–water partition coefficient (Wildman–Crippen LogP) is 7.37. The largest absolute Gasteiger partial charge is 0.245 e. The maximum absolute atomic E-state index is 3.89. The van der Waals surface area contributed by atoms with Gasteiger partial charge in [-0.25, -0.2) is 4.58 Å². The summed E-state index contributed by atoms with van der Waals surface area (Å²) in [5, 5.41) is 0. The van der Waals surface area contributed by atoms with Crippen molar-refractivity contribution in [1.29, 1.82) is 0 Å². The molecular formula is C22H46N+. The highest BCUT2D eigenvalue weighted by molar-refractivity contribution is 5.13. The van der Waals surface area contributed by atoms with Crippen LogP contribution in [0.2, 0.25) is 0 Å². The van der Waals surface area contributed by atoms with Crippen LogP contribution in [0.15, 0.2) is 0 Å². The van der Waals surface area contributed by atoms with Crippen molar-refractivity contribution in [1.82, 2.24) is 0 Å². The van der Waals surface area contributed by atoms with E-state index in [4.69, 9.17) is 0 Å². The van der Waals surface area contributed by atoms with Gasteiger partial charge in [-0.05, 0) is 6.42 Å². The molecule has 0 atom stereocenters. The third kappa shape index (κ3) is 21.7. The smallest absolute Gasteiger partial charge is 0.142 e. The van der Waals surface area contributed by atoms with Gasteiger partial charge in [-0.15, -0.1) is 0 Å². The minimum absolute atomic E-state index is 1.15. The predicted molar refractivity (Wildman–Crippen MR) is 107 cm³/mol. The standard InChI is InChI=1S/C22H46N/c1-4-5-6-7-8-9-10-11-12-13-14-15-16-17-18-19-20-21-22-23(2)3/h2,4-22H2,1,3H3/q+1. The minimum Gasteiger partial charge on any atom is -0.245 e. The molecule has 0 saturated heterocycles. The molecule has 0 aliphatic heterocycles. The molecular weight excluding hydrogens is 278 g/mol. The van der Waals surface area contributed by atoms with Crippen LogP contribution in [-0.4, -0.2) is 24.9 Å². The summed E-state index contributed by atoms with van der Waals surface area (Å²) in [6, 6.07) is 0. The van der Waals surface area contributed by atoms with E-state index in [0.29, 0.717) is 0 Å². The molecule has 0 aromatic rings. The van der Waals surface area contributed by atoms with E-state index < -0.39 is 0 Å². The zero-order valence-electron chi connectivity index (χ0n) is 16.6. The van der Waals surface area contributed by atoms with Crippen LogP contribution in [0.3, 0.4) is 0 Å². The van der Waals surface area contributed by atoms with Crippen molar-refractivity contribution in [3.8, 4) is 0 Å². The number of hydrogen-bond donors (Lipinski definition) is 0. The lowest BCUT2D eigenvalue weighted by Gasteiger charge is -2.03. The molecule has 0 aromatic carbocycles. The Balaban J connectivity index is 2.96. The molecule has 0 saturated carbocycles. The molecule has 138 valence electrons. The highest BCUT2D eigenvalue weighted by Gasteiger charge is 1.96. The maximum atomic E-state index is 3.89. The van der Waals surface area contributed by atoms with Gasteiger partial charge in [0.1, 0.15) is 20.3 Å². The van der Waals surface area contributed by atoms with E-state index >= 15 is 0 Å². The van der Waals surface area contributed by atoms with Gasteiger partial charge in [0.2, 0.25) is 0 Å². The number of rotatable bonds is 19. The monoisotopic (exact) mass is 324 g/mol. The van der Waals surface area contributed by atoms with Crippen LogP contribution in [0.5, 0.6) is 0 Å². The first kappa shape index (κ1) is 22.7. The minimum atomic E-state index is 1.15. The van der Waals surface area contributed by atoms with E-state index in [-0.39, 0.29) is 0 Å². The molecule has 1 nitrogen and oxygen atoms in total. The summed E-state index contributed by atoms with van der Waals surface area (Å²) in [4.78, 5) is 0. The summed E-state index contributed by atoms with van der Waals surface area (Å²) in [6.07, 6.45) is 26.1. The summed E-state index contributed by atoms with van der Waals surface area (Å²) in [5.74, 6) is 0. The Bertz CT molecular complexity index is 234. The van der Waals surface area contributed by atoms with E-state index in [1.807, 2.05) is 4.58 Å². The van der Waals surface area contributed by atoms with Crippen LogP contribution in [0.1, 0.15) is 122 Å². The van der Waals surface area contributed by atoms with Gasteiger partial charge in [0.05, 0.1) is 0 Å². The first-order chi connectivity index (χ1) is 11.3. The summed E-state index contributed by atoms with van der Waals surface area (Å²) >= 11 is 0. The highest BCUT2D eigenvalue weighted by atomic mass is 14.9. The fourth-order valence-electron chi connectivity index (χ4n) is 3.28. The molecule has 0 fully saturated rings. The average Bonchev–Trinajstić information content (AvgIpc) is 2.53. The molecule has 0 aromatic heterocycles. The lowest BCUT2D eigenvalue weighted by molar-refractivity contribution is -0.488. The van der Waals surface area contributed by atoms with Gasteiger partial charge in [-0.1, -0.05) is 110 Å². The van der Waals surface area contributed by atoms with Gasteiger partial charge in [0.15, 0.2) is 0 Å². The molecule has 0 heterocycles. The second-order valence-electron chi connectivity index (χ2n) is 7.59. The maximum Gasteiger partial charge on any atom is 0.142 e. The van der Waals surface area contributed by atoms with Crippen molar-refractivity contribution in [2.75, 3.05) is 13.6 Å². The van der Waals surface area contributed by atoms with Gasteiger partial charge >= 0.3 is 0 Å². The topological polar surface area (TPSA) is 3.01 Å². The molecule has 1 heteroatoms. The van der Waals surface area contributed by atoms with E-state index in [0.717, 1.165) is 6.54 Å². The van der Waals surface area contributed by atoms with Gasteiger partial charge in [0, 0.05) is 6.42 Å². The van der Waals surface area contributed by atoms with Crippen LogP contribution >= 0.6 is 0 Å². The van der Waals surface area contributed by atoms with Crippen LogP contribution < -0.4 is 0 Å². The molecule has 23 heavy (non-hydrogen) atoms. The fraction of sp³-hybridized carbons (Fsp3) is 0.955. The molecule has 0 unspecified atom stereocenters. The zero-order chi connectivity index (χ0) is 17.0. The van der Waals surface area contributed by atoms with Crippen molar-refractivity contribution in [2.24, 2.45) is 0 Å². The lowest BCUT2D eigenvalue weighted by atomic mass is 10.0. The Morgan fingerprint density at radius 1 is 0.478 bits per heavy atom. The van der Waals surface area contributed by atoms with Crippen molar-refractivity contribution in [2.45, 2.75) is 122 Å². The molecule has 0 aliphatic carbocycles. The summed E-state index contributed by atoms with van der Waals surface area (Å²) in [5.41, 5.74) is 0. The Kier molecular flexibility index (Phi) is 19.4. The molecule has 0 spiro atoms. The van der Waals surface area contributed by atoms with Gasteiger partial charge in [0.25, 0.3) is 0 Å². The van der Waals surface area contributed by atoms with Crippen molar-refractivity contribution < 1.29 is 4.58 Å². The van der Waals surface area contributed by atoms with Crippen molar-refractivity contribution >= 4 is 6.72 Å². The first-order valence-corrected chi connectivity index (χ1v) is 10.8. The molecule has 0 bridgehead atoms. The number of unbranched alkanes of at least 4 members (excludes halogenated alkanes) is 17. The number of hydrogen-bond acceptors (Lipinski definition) is 0. The SMILES string of the molecule is C=[N+](C)CCCCCCCCCCCCCCCCCCCC. The molecule has 0 aliphatic rings. The quantitative estimate of drug-likeness (QED) is 0.132. The second-order valence-corrected chi connectivity index (χ2v) is 7.59. The van der Waals surface area contributed by atoms with Crippen molar-refractivity contribution in [3.05, 3.63) is 0 Å². The molecule has 0 N–H and O–H groups in total. The fourth-order valence-corrected chi connectivity index (χ4v) is 3.28. The van der Waals surface area contributed by atoms with Crippen LogP contribution in [-0.2, 0) is 0 Å². The van der Waals surface area contributed by atoms with E-state index in [1.54, 1.807) is 0 Å². The van der Waals surface area contributed by atoms with E-state index in [9.17, 15) is 0 Å². The van der Waals surface area contributed by atoms with Crippen LogP contribution in [0, 0.1) is 0 Å².